The molecule has 1 atom stereocenters. The maximum Gasteiger partial charge on any atom is 0.150 e. The Hall–Kier alpha value is -0.640. The molecule has 0 bridgehead atoms. The van der Waals surface area contributed by atoms with Crippen LogP contribution in [-0.4, -0.2) is 6.04 Å². The van der Waals surface area contributed by atoms with Crippen molar-refractivity contribution in [1.29, 1.82) is 0 Å². The van der Waals surface area contributed by atoms with Crippen molar-refractivity contribution < 1.29 is 8.78 Å². The van der Waals surface area contributed by atoms with Gasteiger partial charge < -0.3 is 5.32 Å². The normalized spacial score (nSPS) is 22.8. The second-order valence-corrected chi connectivity index (χ2v) is 6.76. The SMILES string of the molecule is CC1(C)CCCC(Nc2c(F)cc(Br)cc2F)C1. The first-order valence-electron chi connectivity index (χ1n) is 6.28. The quantitative estimate of drug-likeness (QED) is 0.799. The summed E-state index contributed by atoms with van der Waals surface area (Å²) in [6, 6.07) is 2.73. The van der Waals surface area contributed by atoms with Crippen molar-refractivity contribution in [3.8, 4) is 0 Å². The number of anilines is 1. The van der Waals surface area contributed by atoms with Crippen LogP contribution >= 0.6 is 15.9 Å². The zero-order valence-corrected chi connectivity index (χ0v) is 12.3. The summed E-state index contributed by atoms with van der Waals surface area (Å²) in [5.41, 5.74) is 0.249. The van der Waals surface area contributed by atoms with Gasteiger partial charge >= 0.3 is 0 Å². The van der Waals surface area contributed by atoms with Crippen molar-refractivity contribution in [2.45, 2.75) is 45.6 Å². The summed E-state index contributed by atoms with van der Waals surface area (Å²) in [4.78, 5) is 0. The molecule has 1 fully saturated rings. The molecule has 0 heterocycles. The van der Waals surface area contributed by atoms with Gasteiger partial charge in [0.05, 0.1) is 0 Å². The molecule has 0 radical (unpaired) electrons. The molecule has 0 aliphatic heterocycles. The fourth-order valence-electron chi connectivity index (χ4n) is 2.71. The highest BCUT2D eigenvalue weighted by atomic mass is 79.9. The molecule has 1 saturated carbocycles. The summed E-state index contributed by atoms with van der Waals surface area (Å²) >= 11 is 3.08. The van der Waals surface area contributed by atoms with Gasteiger partial charge in [0.1, 0.15) is 17.3 Å². The van der Waals surface area contributed by atoms with E-state index in [4.69, 9.17) is 0 Å². The van der Waals surface area contributed by atoms with E-state index >= 15 is 0 Å². The van der Waals surface area contributed by atoms with Crippen LogP contribution in [0.15, 0.2) is 16.6 Å². The van der Waals surface area contributed by atoms with E-state index in [-0.39, 0.29) is 17.1 Å². The van der Waals surface area contributed by atoms with E-state index in [0.29, 0.717) is 4.47 Å². The van der Waals surface area contributed by atoms with Gasteiger partial charge in [-0.05, 0) is 36.8 Å². The third kappa shape index (κ3) is 3.22. The Morgan fingerprint density at radius 1 is 1.28 bits per heavy atom. The second kappa shape index (κ2) is 5.16. The Morgan fingerprint density at radius 3 is 2.44 bits per heavy atom. The van der Waals surface area contributed by atoms with Gasteiger partial charge in [0.15, 0.2) is 0 Å². The van der Waals surface area contributed by atoms with E-state index in [1.807, 2.05) is 0 Å². The molecule has 1 aliphatic rings. The van der Waals surface area contributed by atoms with Gasteiger partial charge in [0.25, 0.3) is 0 Å². The smallest absolute Gasteiger partial charge is 0.150 e. The molecule has 1 aromatic rings. The van der Waals surface area contributed by atoms with Crippen molar-refractivity contribution in [2.24, 2.45) is 5.41 Å². The Balaban J connectivity index is 2.14. The number of halogens is 3. The predicted molar refractivity (Wildman–Crippen MR) is 73.7 cm³/mol. The maximum absolute atomic E-state index is 13.7. The third-order valence-corrected chi connectivity index (χ3v) is 4.02. The van der Waals surface area contributed by atoms with E-state index < -0.39 is 11.6 Å². The molecule has 1 aliphatic carbocycles. The van der Waals surface area contributed by atoms with E-state index in [1.54, 1.807) is 0 Å². The third-order valence-electron chi connectivity index (χ3n) is 3.56. The van der Waals surface area contributed by atoms with Crippen LogP contribution in [0.3, 0.4) is 0 Å². The topological polar surface area (TPSA) is 12.0 Å². The molecule has 0 saturated heterocycles. The van der Waals surface area contributed by atoms with Crippen molar-refractivity contribution in [1.82, 2.24) is 0 Å². The second-order valence-electron chi connectivity index (χ2n) is 5.85. The monoisotopic (exact) mass is 317 g/mol. The summed E-state index contributed by atoms with van der Waals surface area (Å²) in [5.74, 6) is -1.07. The standard InChI is InChI=1S/C14H18BrF2N/c1-14(2)5-3-4-10(8-14)18-13-11(16)6-9(15)7-12(13)17/h6-7,10,18H,3-5,8H2,1-2H3. The Bertz CT molecular complexity index is 422. The molecule has 1 aromatic carbocycles. The zero-order valence-electron chi connectivity index (χ0n) is 10.7. The highest BCUT2D eigenvalue weighted by Gasteiger charge is 2.28. The minimum Gasteiger partial charge on any atom is -0.378 e. The van der Waals surface area contributed by atoms with Gasteiger partial charge in [-0.1, -0.05) is 36.2 Å². The molecule has 0 aromatic heterocycles. The number of nitrogens with one attached hydrogen (secondary N) is 1. The first-order valence-corrected chi connectivity index (χ1v) is 7.08. The van der Waals surface area contributed by atoms with Crippen molar-refractivity contribution in [3.05, 3.63) is 28.2 Å². The van der Waals surface area contributed by atoms with Crippen LogP contribution in [0.4, 0.5) is 14.5 Å². The number of hydrogen-bond acceptors (Lipinski definition) is 1. The lowest BCUT2D eigenvalue weighted by Gasteiger charge is -2.36. The summed E-state index contributed by atoms with van der Waals surface area (Å²) < 4.78 is 27.9. The lowest BCUT2D eigenvalue weighted by Crippen LogP contribution is -2.32. The van der Waals surface area contributed by atoms with Crippen molar-refractivity contribution >= 4 is 21.6 Å². The summed E-state index contributed by atoms with van der Waals surface area (Å²) in [6.07, 6.45) is 4.20. The first kappa shape index (κ1) is 13.8. The lowest BCUT2D eigenvalue weighted by atomic mass is 9.75. The van der Waals surface area contributed by atoms with Crippen molar-refractivity contribution in [3.63, 3.8) is 0 Å². The van der Waals surface area contributed by atoms with Crippen molar-refractivity contribution in [2.75, 3.05) is 5.32 Å². The lowest BCUT2D eigenvalue weighted by molar-refractivity contribution is 0.229. The number of rotatable bonds is 2. The molecular weight excluding hydrogens is 300 g/mol. The van der Waals surface area contributed by atoms with Gasteiger partial charge in [0, 0.05) is 10.5 Å². The number of benzene rings is 1. The average molecular weight is 318 g/mol. The minimum absolute atomic E-state index is 0.000833. The van der Waals surface area contributed by atoms with Gasteiger partial charge in [-0.15, -0.1) is 0 Å². The Labute approximate surface area is 115 Å². The van der Waals surface area contributed by atoms with Gasteiger partial charge in [-0.25, -0.2) is 8.78 Å². The predicted octanol–water partition coefficient (Wildman–Crippen LogP) is 5.11. The Morgan fingerprint density at radius 2 is 1.89 bits per heavy atom. The van der Waals surface area contributed by atoms with Crippen LogP contribution in [0.25, 0.3) is 0 Å². The summed E-state index contributed by atoms with van der Waals surface area (Å²) in [6.45, 7) is 4.41. The maximum atomic E-state index is 13.7. The first-order chi connectivity index (χ1) is 8.37. The van der Waals surface area contributed by atoms with Gasteiger partial charge in [-0.3, -0.25) is 0 Å². The molecule has 0 amide bonds. The van der Waals surface area contributed by atoms with Crippen LogP contribution in [-0.2, 0) is 0 Å². The summed E-state index contributed by atoms with van der Waals surface area (Å²) in [7, 11) is 0. The molecule has 1 N–H and O–H groups in total. The molecule has 18 heavy (non-hydrogen) atoms. The number of hydrogen-bond donors (Lipinski definition) is 1. The fourth-order valence-corrected chi connectivity index (χ4v) is 3.11. The molecule has 0 spiro atoms. The minimum atomic E-state index is -0.537. The van der Waals surface area contributed by atoms with Gasteiger partial charge in [0.2, 0.25) is 0 Å². The van der Waals surface area contributed by atoms with Crippen LogP contribution in [0.1, 0.15) is 39.5 Å². The molecule has 2 rings (SSSR count). The van der Waals surface area contributed by atoms with Gasteiger partial charge in [-0.2, -0.15) is 0 Å². The van der Waals surface area contributed by atoms with Crippen LogP contribution in [0, 0.1) is 17.0 Å². The fraction of sp³-hybridized carbons (Fsp3) is 0.571. The largest absolute Gasteiger partial charge is 0.378 e. The molecular formula is C14H18BrF2N. The molecule has 100 valence electrons. The van der Waals surface area contributed by atoms with E-state index in [9.17, 15) is 8.78 Å². The highest BCUT2D eigenvalue weighted by Crippen LogP contribution is 2.37. The van der Waals surface area contributed by atoms with Crippen LogP contribution in [0.5, 0.6) is 0 Å². The molecule has 1 nitrogen and oxygen atoms in total. The van der Waals surface area contributed by atoms with Crippen LogP contribution < -0.4 is 5.32 Å². The summed E-state index contributed by atoms with van der Waals surface area (Å²) in [5, 5.41) is 3.03. The Kier molecular flexibility index (Phi) is 3.95. The highest BCUT2D eigenvalue weighted by molar-refractivity contribution is 9.10. The zero-order chi connectivity index (χ0) is 13.3. The molecule has 4 heteroatoms. The van der Waals surface area contributed by atoms with E-state index in [2.05, 4.69) is 35.1 Å². The molecule has 1 unspecified atom stereocenters. The van der Waals surface area contributed by atoms with E-state index in [1.165, 1.54) is 18.6 Å². The van der Waals surface area contributed by atoms with E-state index in [0.717, 1.165) is 19.3 Å². The average Bonchev–Trinajstić information content (AvgIpc) is 2.22. The van der Waals surface area contributed by atoms with Crippen LogP contribution in [0.2, 0.25) is 0 Å².